The number of sulfonamides is 1. The fourth-order valence-corrected chi connectivity index (χ4v) is 5.15. The third-order valence-corrected chi connectivity index (χ3v) is 6.54. The summed E-state index contributed by atoms with van der Waals surface area (Å²) in [4.78, 5) is 0.423. The number of nitrogens with two attached hydrogens (primary N) is 1. The van der Waals surface area contributed by atoms with E-state index in [2.05, 4.69) is 0 Å². The molecule has 4 nitrogen and oxygen atoms in total. The van der Waals surface area contributed by atoms with E-state index >= 15 is 0 Å². The molecule has 21 heavy (non-hydrogen) atoms. The average Bonchev–Trinajstić information content (AvgIpc) is 2.48. The van der Waals surface area contributed by atoms with E-state index in [1.165, 1.54) is 6.42 Å². The van der Waals surface area contributed by atoms with E-state index in [4.69, 9.17) is 5.73 Å². The van der Waals surface area contributed by atoms with E-state index in [1.54, 1.807) is 10.4 Å². The van der Waals surface area contributed by atoms with Gasteiger partial charge in [0.05, 0.1) is 4.90 Å². The molecule has 1 aromatic carbocycles. The summed E-state index contributed by atoms with van der Waals surface area (Å²) in [6.07, 6.45) is 5.43. The maximum absolute atomic E-state index is 13.0. The number of benzene rings is 1. The summed E-state index contributed by atoms with van der Waals surface area (Å²) in [5, 5.41) is 0. The molecule has 1 fully saturated rings. The van der Waals surface area contributed by atoms with Gasteiger partial charge in [0.1, 0.15) is 0 Å². The van der Waals surface area contributed by atoms with Crippen LogP contribution in [0.25, 0.3) is 0 Å². The summed E-state index contributed by atoms with van der Waals surface area (Å²) < 4.78 is 27.6. The van der Waals surface area contributed by atoms with E-state index in [0.717, 1.165) is 36.8 Å². The zero-order valence-electron chi connectivity index (χ0n) is 13.0. The van der Waals surface area contributed by atoms with Crippen LogP contribution < -0.4 is 5.73 Å². The molecule has 1 saturated carbocycles. The van der Waals surface area contributed by atoms with Crippen LogP contribution in [0.3, 0.4) is 0 Å². The van der Waals surface area contributed by atoms with Crippen LogP contribution in [-0.2, 0) is 16.6 Å². The summed E-state index contributed by atoms with van der Waals surface area (Å²) in [7, 11) is -3.41. The van der Waals surface area contributed by atoms with Crippen LogP contribution in [0.2, 0.25) is 0 Å². The molecule has 0 spiro atoms. The van der Waals surface area contributed by atoms with Gasteiger partial charge in [-0.1, -0.05) is 38.3 Å². The number of hydrogen-bond acceptors (Lipinski definition) is 3. The molecule has 0 aliphatic heterocycles. The number of nitrogens with zero attached hydrogens (tertiary/aromatic N) is 1. The quantitative estimate of drug-likeness (QED) is 0.909. The Balaban J connectivity index is 2.34. The van der Waals surface area contributed by atoms with Crippen molar-refractivity contribution in [3.8, 4) is 0 Å². The van der Waals surface area contributed by atoms with E-state index in [1.807, 2.05) is 26.0 Å². The second-order valence-electron chi connectivity index (χ2n) is 5.80. The third kappa shape index (κ3) is 3.47. The third-order valence-electron chi connectivity index (χ3n) is 4.36. The number of aryl methyl sites for hydroxylation is 1. The van der Waals surface area contributed by atoms with Crippen LogP contribution in [0.5, 0.6) is 0 Å². The summed E-state index contributed by atoms with van der Waals surface area (Å²) in [5.74, 6) is 0. The molecule has 1 aliphatic rings. The molecule has 0 heterocycles. The van der Waals surface area contributed by atoms with Crippen LogP contribution in [0, 0.1) is 6.92 Å². The van der Waals surface area contributed by atoms with Crippen molar-refractivity contribution < 1.29 is 8.42 Å². The Morgan fingerprint density at radius 1 is 1.24 bits per heavy atom. The smallest absolute Gasteiger partial charge is 0.243 e. The van der Waals surface area contributed by atoms with E-state index < -0.39 is 10.0 Å². The molecule has 5 heteroatoms. The lowest BCUT2D eigenvalue weighted by Crippen LogP contribution is -2.41. The van der Waals surface area contributed by atoms with Gasteiger partial charge < -0.3 is 5.73 Å². The molecule has 0 saturated heterocycles. The van der Waals surface area contributed by atoms with Gasteiger partial charge >= 0.3 is 0 Å². The maximum atomic E-state index is 13.0. The molecule has 0 bridgehead atoms. The lowest BCUT2D eigenvalue weighted by atomic mass is 9.95. The van der Waals surface area contributed by atoms with Crippen LogP contribution >= 0.6 is 0 Å². The monoisotopic (exact) mass is 310 g/mol. The Morgan fingerprint density at radius 2 is 1.90 bits per heavy atom. The van der Waals surface area contributed by atoms with Crippen LogP contribution in [0.15, 0.2) is 23.1 Å². The second-order valence-corrected chi connectivity index (χ2v) is 7.66. The van der Waals surface area contributed by atoms with Gasteiger partial charge in [-0.2, -0.15) is 4.31 Å². The highest BCUT2D eigenvalue weighted by Crippen LogP contribution is 2.29. The lowest BCUT2D eigenvalue weighted by molar-refractivity contribution is 0.261. The van der Waals surface area contributed by atoms with Crippen molar-refractivity contribution in [1.82, 2.24) is 4.31 Å². The van der Waals surface area contributed by atoms with Crippen molar-refractivity contribution in [2.45, 2.75) is 63.4 Å². The van der Waals surface area contributed by atoms with E-state index in [-0.39, 0.29) is 6.04 Å². The zero-order chi connectivity index (χ0) is 15.5. The molecule has 0 radical (unpaired) electrons. The molecule has 0 atom stereocenters. The molecule has 1 aliphatic carbocycles. The summed E-state index contributed by atoms with van der Waals surface area (Å²) in [5.41, 5.74) is 7.37. The van der Waals surface area contributed by atoms with Gasteiger partial charge in [0.2, 0.25) is 10.0 Å². The van der Waals surface area contributed by atoms with Crippen LogP contribution in [0.4, 0.5) is 0 Å². The predicted molar refractivity (Wildman–Crippen MR) is 85.5 cm³/mol. The van der Waals surface area contributed by atoms with Gasteiger partial charge in [-0.25, -0.2) is 8.42 Å². The first kappa shape index (κ1) is 16.5. The fourth-order valence-electron chi connectivity index (χ4n) is 3.25. The predicted octanol–water partition coefficient (Wildman–Crippen LogP) is 2.80. The molecule has 0 amide bonds. The van der Waals surface area contributed by atoms with Crippen molar-refractivity contribution in [3.05, 3.63) is 29.3 Å². The molecular weight excluding hydrogens is 284 g/mol. The highest BCUT2D eigenvalue weighted by atomic mass is 32.2. The van der Waals surface area contributed by atoms with Crippen molar-refractivity contribution in [1.29, 1.82) is 0 Å². The Labute approximate surface area is 128 Å². The molecule has 118 valence electrons. The van der Waals surface area contributed by atoms with Crippen LogP contribution in [0.1, 0.15) is 50.2 Å². The highest BCUT2D eigenvalue weighted by molar-refractivity contribution is 7.89. The van der Waals surface area contributed by atoms with Gasteiger partial charge in [0, 0.05) is 19.1 Å². The minimum absolute atomic E-state index is 0.155. The van der Waals surface area contributed by atoms with Gasteiger partial charge in [-0.3, -0.25) is 0 Å². The maximum Gasteiger partial charge on any atom is 0.243 e. The minimum Gasteiger partial charge on any atom is -0.326 e. The Bertz CT molecular complexity index is 578. The number of rotatable bonds is 5. The highest BCUT2D eigenvalue weighted by Gasteiger charge is 2.31. The summed E-state index contributed by atoms with van der Waals surface area (Å²) in [6, 6.07) is 5.55. The minimum atomic E-state index is -3.41. The average molecular weight is 310 g/mol. The van der Waals surface area contributed by atoms with Crippen molar-refractivity contribution in [2.75, 3.05) is 6.54 Å². The first-order valence-corrected chi connectivity index (χ1v) is 9.26. The second kappa shape index (κ2) is 6.90. The Hall–Kier alpha value is -0.910. The van der Waals surface area contributed by atoms with E-state index in [9.17, 15) is 8.42 Å². The molecule has 2 rings (SSSR count). The van der Waals surface area contributed by atoms with E-state index in [0.29, 0.717) is 18.0 Å². The largest absolute Gasteiger partial charge is 0.326 e. The molecule has 0 aromatic heterocycles. The summed E-state index contributed by atoms with van der Waals surface area (Å²) in [6.45, 7) is 4.74. The Kier molecular flexibility index (Phi) is 5.41. The molecule has 0 unspecified atom stereocenters. The van der Waals surface area contributed by atoms with Crippen molar-refractivity contribution in [3.63, 3.8) is 0 Å². The lowest BCUT2D eigenvalue weighted by Gasteiger charge is -2.33. The van der Waals surface area contributed by atoms with Gasteiger partial charge in [-0.05, 0) is 37.0 Å². The Morgan fingerprint density at radius 3 is 2.43 bits per heavy atom. The van der Waals surface area contributed by atoms with Gasteiger partial charge in [-0.15, -0.1) is 0 Å². The molecule has 2 N–H and O–H groups in total. The topological polar surface area (TPSA) is 63.4 Å². The van der Waals surface area contributed by atoms with Crippen molar-refractivity contribution >= 4 is 10.0 Å². The fraction of sp³-hybridized carbons (Fsp3) is 0.625. The van der Waals surface area contributed by atoms with Crippen molar-refractivity contribution in [2.24, 2.45) is 5.73 Å². The summed E-state index contributed by atoms with van der Waals surface area (Å²) >= 11 is 0. The van der Waals surface area contributed by atoms with Gasteiger partial charge in [0.25, 0.3) is 0 Å². The normalized spacial score (nSPS) is 17.3. The molecule has 1 aromatic rings. The van der Waals surface area contributed by atoms with Gasteiger partial charge in [0.15, 0.2) is 0 Å². The standard InChI is InChI=1S/C16H26N2O2S/c1-3-18(15-7-5-4-6-8-15)21(19,20)16-10-9-14(12-17)11-13(16)2/h9-11,15H,3-8,12,17H2,1-2H3. The van der Waals surface area contributed by atoms with Crippen LogP contribution in [-0.4, -0.2) is 25.3 Å². The SMILES string of the molecule is CCN(C1CCCCC1)S(=O)(=O)c1ccc(CN)cc1C. The zero-order valence-corrected chi connectivity index (χ0v) is 13.8. The number of hydrogen-bond donors (Lipinski definition) is 1. The first-order chi connectivity index (χ1) is 10.0. The molecular formula is C16H26N2O2S. The first-order valence-electron chi connectivity index (χ1n) is 7.82.